The standard InChI is InChI=1S/C11H21N3OS/c1-7(6-15-5)14(4)11-13-9(3)10(16-11)8(2)12/h7-8H,6,12H2,1-5H3. The van der Waals surface area contributed by atoms with Crippen molar-refractivity contribution in [1.29, 1.82) is 0 Å². The molecule has 2 atom stereocenters. The predicted molar refractivity (Wildman–Crippen MR) is 69.2 cm³/mol. The summed E-state index contributed by atoms with van der Waals surface area (Å²) < 4.78 is 5.14. The van der Waals surface area contributed by atoms with Gasteiger partial charge in [0.05, 0.1) is 18.3 Å². The molecule has 5 heteroatoms. The number of hydrogen-bond donors (Lipinski definition) is 1. The summed E-state index contributed by atoms with van der Waals surface area (Å²) in [5.74, 6) is 0. The van der Waals surface area contributed by atoms with Crippen LogP contribution in [-0.4, -0.2) is 31.8 Å². The van der Waals surface area contributed by atoms with E-state index in [4.69, 9.17) is 10.5 Å². The van der Waals surface area contributed by atoms with Gasteiger partial charge in [0.1, 0.15) is 0 Å². The molecular weight excluding hydrogens is 222 g/mol. The fraction of sp³-hybridized carbons (Fsp3) is 0.727. The van der Waals surface area contributed by atoms with Crippen LogP contribution in [0.1, 0.15) is 30.5 Å². The number of methoxy groups -OCH3 is 1. The molecular formula is C11H21N3OS. The van der Waals surface area contributed by atoms with Gasteiger partial charge in [-0.05, 0) is 20.8 Å². The van der Waals surface area contributed by atoms with E-state index >= 15 is 0 Å². The van der Waals surface area contributed by atoms with Crippen LogP contribution in [0.25, 0.3) is 0 Å². The van der Waals surface area contributed by atoms with Gasteiger partial charge in [-0.3, -0.25) is 0 Å². The average Bonchev–Trinajstić information content (AvgIpc) is 2.59. The van der Waals surface area contributed by atoms with Crippen molar-refractivity contribution in [2.24, 2.45) is 5.73 Å². The number of rotatable bonds is 5. The predicted octanol–water partition coefficient (Wildman–Crippen LogP) is 1.94. The number of hydrogen-bond acceptors (Lipinski definition) is 5. The zero-order valence-corrected chi connectivity index (χ0v) is 11.5. The molecule has 2 N–H and O–H groups in total. The highest BCUT2D eigenvalue weighted by Crippen LogP contribution is 2.29. The van der Waals surface area contributed by atoms with Crippen LogP contribution in [0.5, 0.6) is 0 Å². The topological polar surface area (TPSA) is 51.4 Å². The lowest BCUT2D eigenvalue weighted by Crippen LogP contribution is -2.32. The summed E-state index contributed by atoms with van der Waals surface area (Å²) in [5, 5.41) is 1.01. The molecule has 0 aliphatic rings. The van der Waals surface area contributed by atoms with Gasteiger partial charge in [-0.2, -0.15) is 0 Å². The number of nitrogens with zero attached hydrogens (tertiary/aromatic N) is 2. The van der Waals surface area contributed by atoms with Crippen molar-refractivity contribution < 1.29 is 4.74 Å². The van der Waals surface area contributed by atoms with Gasteiger partial charge in [-0.15, -0.1) is 11.3 Å². The van der Waals surface area contributed by atoms with E-state index in [1.165, 1.54) is 0 Å². The van der Waals surface area contributed by atoms with Crippen molar-refractivity contribution in [1.82, 2.24) is 4.98 Å². The third kappa shape index (κ3) is 2.93. The second kappa shape index (κ2) is 5.61. The minimum Gasteiger partial charge on any atom is -0.383 e. The van der Waals surface area contributed by atoms with E-state index in [1.54, 1.807) is 18.4 Å². The molecule has 92 valence electrons. The average molecular weight is 243 g/mol. The van der Waals surface area contributed by atoms with E-state index in [2.05, 4.69) is 16.8 Å². The van der Waals surface area contributed by atoms with Gasteiger partial charge in [0.25, 0.3) is 0 Å². The van der Waals surface area contributed by atoms with E-state index in [0.29, 0.717) is 12.6 Å². The fourth-order valence-electron chi connectivity index (χ4n) is 1.51. The summed E-state index contributed by atoms with van der Waals surface area (Å²) in [6.07, 6.45) is 0. The van der Waals surface area contributed by atoms with Crippen LogP contribution in [0.2, 0.25) is 0 Å². The highest BCUT2D eigenvalue weighted by Gasteiger charge is 2.17. The quantitative estimate of drug-likeness (QED) is 0.858. The van der Waals surface area contributed by atoms with Crippen molar-refractivity contribution in [3.05, 3.63) is 10.6 Å². The Morgan fingerprint density at radius 1 is 1.50 bits per heavy atom. The van der Waals surface area contributed by atoms with Gasteiger partial charge in [-0.25, -0.2) is 4.98 Å². The first-order valence-corrected chi connectivity index (χ1v) is 6.23. The van der Waals surface area contributed by atoms with E-state index in [0.717, 1.165) is 15.7 Å². The number of ether oxygens (including phenoxy) is 1. The van der Waals surface area contributed by atoms with Crippen molar-refractivity contribution in [2.45, 2.75) is 32.9 Å². The van der Waals surface area contributed by atoms with E-state index in [-0.39, 0.29) is 6.04 Å². The highest BCUT2D eigenvalue weighted by molar-refractivity contribution is 7.15. The van der Waals surface area contributed by atoms with Gasteiger partial charge in [0, 0.05) is 25.1 Å². The molecule has 1 rings (SSSR count). The van der Waals surface area contributed by atoms with Gasteiger partial charge in [-0.1, -0.05) is 0 Å². The zero-order chi connectivity index (χ0) is 12.3. The summed E-state index contributed by atoms with van der Waals surface area (Å²) in [6.45, 7) is 6.81. The molecule has 0 aromatic carbocycles. The summed E-state index contributed by atoms with van der Waals surface area (Å²) in [6, 6.07) is 0.369. The minimum absolute atomic E-state index is 0.0531. The summed E-state index contributed by atoms with van der Waals surface area (Å²) >= 11 is 1.66. The number of likely N-dealkylation sites (N-methyl/N-ethyl adjacent to an activating group) is 1. The maximum absolute atomic E-state index is 5.89. The number of aromatic nitrogens is 1. The van der Waals surface area contributed by atoms with E-state index in [9.17, 15) is 0 Å². The van der Waals surface area contributed by atoms with E-state index < -0.39 is 0 Å². The molecule has 0 fully saturated rings. The summed E-state index contributed by atoms with van der Waals surface area (Å²) in [4.78, 5) is 7.83. The van der Waals surface area contributed by atoms with Crippen molar-refractivity contribution in [2.75, 3.05) is 25.7 Å². The Balaban J connectivity index is 2.84. The molecule has 0 amide bonds. The number of anilines is 1. The second-order valence-corrected chi connectivity index (χ2v) is 5.16. The van der Waals surface area contributed by atoms with E-state index in [1.807, 2.05) is 20.9 Å². The Morgan fingerprint density at radius 3 is 2.56 bits per heavy atom. The minimum atomic E-state index is 0.0531. The van der Waals surface area contributed by atoms with Crippen molar-refractivity contribution in [3.8, 4) is 0 Å². The smallest absolute Gasteiger partial charge is 0.185 e. The number of thiazole rings is 1. The van der Waals surface area contributed by atoms with Crippen LogP contribution in [0, 0.1) is 6.92 Å². The Kier molecular flexibility index (Phi) is 4.70. The van der Waals surface area contributed by atoms with Gasteiger partial charge < -0.3 is 15.4 Å². The van der Waals surface area contributed by atoms with Crippen molar-refractivity contribution >= 4 is 16.5 Å². The molecule has 0 aliphatic heterocycles. The van der Waals surface area contributed by atoms with Crippen LogP contribution in [0.15, 0.2) is 0 Å². The molecule has 0 saturated heterocycles. The molecule has 16 heavy (non-hydrogen) atoms. The first-order valence-electron chi connectivity index (χ1n) is 5.42. The van der Waals surface area contributed by atoms with Crippen LogP contribution >= 0.6 is 11.3 Å². The molecule has 4 nitrogen and oxygen atoms in total. The molecule has 0 saturated carbocycles. The third-order valence-corrected chi connectivity index (χ3v) is 4.05. The molecule has 2 unspecified atom stereocenters. The Labute approximate surface area is 101 Å². The SMILES string of the molecule is COCC(C)N(C)c1nc(C)c(C(C)N)s1. The summed E-state index contributed by atoms with van der Waals surface area (Å²) in [7, 11) is 3.75. The Morgan fingerprint density at radius 2 is 2.12 bits per heavy atom. The molecule has 0 aliphatic carbocycles. The third-order valence-electron chi connectivity index (χ3n) is 2.61. The Hall–Kier alpha value is -0.650. The number of nitrogens with two attached hydrogens (primary N) is 1. The largest absolute Gasteiger partial charge is 0.383 e. The first kappa shape index (κ1) is 13.4. The molecule has 1 heterocycles. The van der Waals surface area contributed by atoms with Crippen LogP contribution in [-0.2, 0) is 4.74 Å². The zero-order valence-electron chi connectivity index (χ0n) is 10.7. The van der Waals surface area contributed by atoms with Gasteiger partial charge in [0.2, 0.25) is 0 Å². The lowest BCUT2D eigenvalue weighted by atomic mass is 10.2. The molecule has 0 spiro atoms. The Bertz CT molecular complexity index is 338. The normalized spacial score (nSPS) is 14.9. The van der Waals surface area contributed by atoms with Crippen LogP contribution in [0.3, 0.4) is 0 Å². The summed E-state index contributed by atoms with van der Waals surface area (Å²) in [5.41, 5.74) is 6.92. The maximum Gasteiger partial charge on any atom is 0.185 e. The van der Waals surface area contributed by atoms with Gasteiger partial charge >= 0.3 is 0 Å². The van der Waals surface area contributed by atoms with Crippen molar-refractivity contribution in [3.63, 3.8) is 0 Å². The fourth-order valence-corrected chi connectivity index (χ4v) is 2.59. The second-order valence-electron chi connectivity index (χ2n) is 4.15. The molecule has 1 aromatic heterocycles. The number of aryl methyl sites for hydroxylation is 1. The molecule has 1 aromatic rings. The lowest BCUT2D eigenvalue weighted by molar-refractivity contribution is 0.183. The lowest BCUT2D eigenvalue weighted by Gasteiger charge is -2.23. The highest BCUT2D eigenvalue weighted by atomic mass is 32.1. The monoisotopic (exact) mass is 243 g/mol. The first-order chi connectivity index (χ1) is 7.47. The van der Waals surface area contributed by atoms with Gasteiger partial charge in [0.15, 0.2) is 5.13 Å². The van der Waals surface area contributed by atoms with Crippen LogP contribution in [0.4, 0.5) is 5.13 Å². The van der Waals surface area contributed by atoms with Crippen LogP contribution < -0.4 is 10.6 Å². The molecule has 0 bridgehead atoms. The molecule has 0 radical (unpaired) electrons. The maximum atomic E-state index is 5.89.